The van der Waals surface area contributed by atoms with Crippen LogP contribution in [0.3, 0.4) is 0 Å². The zero-order valence-corrected chi connectivity index (χ0v) is 25.7. The molecule has 0 bridgehead atoms. The first kappa shape index (κ1) is 32.0. The second-order valence-corrected chi connectivity index (χ2v) is 12.1. The van der Waals surface area contributed by atoms with Crippen LogP contribution in [0.5, 0.6) is 0 Å². The van der Waals surface area contributed by atoms with Crippen molar-refractivity contribution in [2.24, 2.45) is 11.8 Å². The lowest BCUT2D eigenvalue weighted by Gasteiger charge is -2.56. The molecule has 1 fully saturated rings. The molecular weight excluding hydrogens is 500 g/mol. The Kier molecular flexibility index (Phi) is 11.5. The van der Waals surface area contributed by atoms with Gasteiger partial charge in [0.05, 0.1) is 23.6 Å². The van der Waals surface area contributed by atoms with E-state index >= 15 is 0 Å². The molecule has 2 aromatic rings. The van der Waals surface area contributed by atoms with Gasteiger partial charge >= 0.3 is 5.97 Å². The normalized spacial score (nSPS) is 25.8. The van der Waals surface area contributed by atoms with E-state index in [1.807, 2.05) is 37.3 Å². The number of Topliss-reactive ketones (excluding diaryl/α,β-unsaturated/α-hetero) is 1. The Bertz CT molecular complexity index is 1080. The number of esters is 1. The monoisotopic (exact) mass is 550 g/mol. The van der Waals surface area contributed by atoms with Crippen molar-refractivity contribution in [2.45, 2.75) is 117 Å². The van der Waals surface area contributed by atoms with Gasteiger partial charge in [-0.3, -0.25) is 19.4 Å². The molecule has 220 valence electrons. The number of carbonyl (C=O) groups excluding carboxylic acids is 2. The molecule has 0 N–H and O–H groups in total. The molecule has 0 radical (unpaired) electrons. The number of aromatic nitrogens is 1. The van der Waals surface area contributed by atoms with E-state index in [2.05, 4.69) is 63.7 Å². The average molecular weight is 551 g/mol. The molecule has 1 aromatic carbocycles. The maximum Gasteiger partial charge on any atom is 0.309 e. The molecule has 3 rings (SSSR count). The third kappa shape index (κ3) is 7.38. The second-order valence-electron chi connectivity index (χ2n) is 12.1. The number of hydroxylamine groups is 2. The molecule has 40 heavy (non-hydrogen) atoms. The Labute approximate surface area is 241 Å². The Morgan fingerprint density at radius 3 is 2.30 bits per heavy atom. The summed E-state index contributed by atoms with van der Waals surface area (Å²) in [7, 11) is 0. The van der Waals surface area contributed by atoms with Crippen LogP contribution in [0.1, 0.15) is 117 Å². The van der Waals surface area contributed by atoms with E-state index in [-0.39, 0.29) is 29.5 Å². The van der Waals surface area contributed by atoms with Gasteiger partial charge in [-0.05, 0) is 75.1 Å². The smallest absolute Gasteiger partial charge is 0.309 e. The number of nitrogens with zero attached hydrogens (tertiary/aromatic N) is 2. The number of rotatable bonds is 14. The van der Waals surface area contributed by atoms with Gasteiger partial charge in [-0.1, -0.05) is 71.4 Å². The van der Waals surface area contributed by atoms with Gasteiger partial charge in [0.15, 0.2) is 0 Å². The van der Waals surface area contributed by atoms with Crippen LogP contribution in [0.2, 0.25) is 0 Å². The van der Waals surface area contributed by atoms with Gasteiger partial charge in [0.1, 0.15) is 11.9 Å². The predicted molar refractivity (Wildman–Crippen MR) is 160 cm³/mol. The first-order chi connectivity index (χ1) is 19.1. The predicted octanol–water partition coefficient (Wildman–Crippen LogP) is 7.85. The summed E-state index contributed by atoms with van der Waals surface area (Å²) in [4.78, 5) is 38.0. The van der Waals surface area contributed by atoms with Crippen molar-refractivity contribution in [3.8, 4) is 0 Å². The van der Waals surface area contributed by atoms with Crippen LogP contribution >= 0.6 is 0 Å². The number of unbranched alkanes of at least 4 members (excludes halogenated alkanes) is 1. The molecule has 2 heterocycles. The van der Waals surface area contributed by atoms with Gasteiger partial charge in [0.2, 0.25) is 0 Å². The third-order valence-corrected chi connectivity index (χ3v) is 9.29. The Hall–Kier alpha value is -2.57. The minimum Gasteiger partial charge on any atom is -0.465 e. The number of hydrogen-bond acceptors (Lipinski definition) is 6. The van der Waals surface area contributed by atoms with Gasteiger partial charge in [-0.15, -0.1) is 0 Å². The van der Waals surface area contributed by atoms with Crippen molar-refractivity contribution in [2.75, 3.05) is 6.61 Å². The van der Waals surface area contributed by atoms with Crippen LogP contribution in [0.15, 0.2) is 54.9 Å². The molecular formula is C34H50N2O4. The van der Waals surface area contributed by atoms with E-state index < -0.39 is 17.2 Å². The summed E-state index contributed by atoms with van der Waals surface area (Å²) in [5.41, 5.74) is 1.25. The number of piperidine rings is 1. The van der Waals surface area contributed by atoms with Gasteiger partial charge in [-0.25, -0.2) is 0 Å². The topological polar surface area (TPSA) is 68.7 Å². The van der Waals surface area contributed by atoms with Crippen molar-refractivity contribution in [1.82, 2.24) is 10.0 Å². The molecule has 6 unspecified atom stereocenters. The molecule has 1 aliphatic heterocycles. The minimum absolute atomic E-state index is 0.164. The van der Waals surface area contributed by atoms with E-state index in [0.717, 1.165) is 31.2 Å². The maximum atomic E-state index is 13.6. The fourth-order valence-electron chi connectivity index (χ4n) is 5.98. The summed E-state index contributed by atoms with van der Waals surface area (Å²) < 4.78 is 5.80. The highest BCUT2D eigenvalue weighted by Crippen LogP contribution is 2.46. The van der Waals surface area contributed by atoms with Gasteiger partial charge in [0.25, 0.3) is 0 Å². The Balaban J connectivity index is 1.98. The average Bonchev–Trinajstić information content (AvgIpc) is 2.97. The van der Waals surface area contributed by atoms with Crippen LogP contribution in [0.4, 0.5) is 0 Å². The molecule has 0 spiro atoms. The van der Waals surface area contributed by atoms with E-state index in [1.165, 1.54) is 5.56 Å². The standard InChI is InChI=1S/C34H50N2O4/c1-8-11-21-39-32(38)29(22-25(4)27-15-13-12-14-16-27)23-31(28-17-19-35-20-18-28)40-36-33(6,9-2)24-30(37)26(5)34(36,7)10-3/h12-20,25-26,29,31H,8-11,21-24H2,1-7H3. The lowest BCUT2D eigenvalue weighted by atomic mass is 9.70. The highest BCUT2D eigenvalue weighted by molar-refractivity contribution is 5.84. The summed E-state index contributed by atoms with van der Waals surface area (Å²) in [5, 5.41) is 2.12. The second kappa shape index (κ2) is 14.4. The van der Waals surface area contributed by atoms with E-state index in [4.69, 9.17) is 9.57 Å². The van der Waals surface area contributed by atoms with Crippen LogP contribution in [0.25, 0.3) is 0 Å². The Morgan fingerprint density at radius 1 is 1.02 bits per heavy atom. The number of pyridine rings is 1. The summed E-state index contributed by atoms with van der Waals surface area (Å²) in [6, 6.07) is 14.3. The molecule has 6 heteroatoms. The van der Waals surface area contributed by atoms with E-state index in [9.17, 15) is 9.59 Å². The van der Waals surface area contributed by atoms with Crippen LogP contribution in [-0.4, -0.2) is 39.5 Å². The molecule has 6 nitrogen and oxygen atoms in total. The SMILES string of the molecule is CCCCOC(=O)C(CC(C)c1ccccc1)CC(ON1C(C)(CC)CC(=O)C(C)C1(C)CC)c1ccncc1. The van der Waals surface area contributed by atoms with Crippen LogP contribution in [0, 0.1) is 11.8 Å². The molecule has 6 atom stereocenters. The van der Waals surface area contributed by atoms with Crippen molar-refractivity contribution in [1.29, 1.82) is 0 Å². The first-order valence-electron chi connectivity index (χ1n) is 15.2. The Morgan fingerprint density at radius 2 is 1.70 bits per heavy atom. The maximum absolute atomic E-state index is 13.6. The van der Waals surface area contributed by atoms with Crippen LogP contribution in [-0.2, 0) is 19.2 Å². The van der Waals surface area contributed by atoms with E-state index in [0.29, 0.717) is 25.9 Å². The zero-order chi connectivity index (χ0) is 29.3. The van der Waals surface area contributed by atoms with Gasteiger partial charge in [-0.2, -0.15) is 5.06 Å². The number of ketones is 1. The molecule has 1 aromatic heterocycles. The number of hydrogen-bond donors (Lipinski definition) is 0. The zero-order valence-electron chi connectivity index (χ0n) is 25.7. The highest BCUT2D eigenvalue weighted by atomic mass is 16.7. The number of ether oxygens (including phenoxy) is 1. The third-order valence-electron chi connectivity index (χ3n) is 9.29. The minimum atomic E-state index is -0.472. The van der Waals surface area contributed by atoms with Crippen LogP contribution < -0.4 is 0 Å². The molecule has 0 saturated carbocycles. The van der Waals surface area contributed by atoms with Crippen molar-refractivity contribution < 1.29 is 19.2 Å². The largest absolute Gasteiger partial charge is 0.465 e. The summed E-state index contributed by atoms with van der Waals surface area (Å²) in [6.45, 7) is 15.2. The lowest BCUT2D eigenvalue weighted by Crippen LogP contribution is -2.66. The fraction of sp³-hybridized carbons (Fsp3) is 0.618. The molecule has 1 saturated heterocycles. The summed E-state index contributed by atoms with van der Waals surface area (Å²) in [6.07, 6.45) is 8.08. The fourth-order valence-corrected chi connectivity index (χ4v) is 5.98. The number of carbonyl (C=O) groups is 2. The number of benzene rings is 1. The highest BCUT2D eigenvalue weighted by Gasteiger charge is 2.54. The first-order valence-corrected chi connectivity index (χ1v) is 15.2. The summed E-state index contributed by atoms with van der Waals surface area (Å²) >= 11 is 0. The van der Waals surface area contributed by atoms with Crippen molar-refractivity contribution >= 4 is 11.8 Å². The van der Waals surface area contributed by atoms with Crippen molar-refractivity contribution in [3.05, 3.63) is 66.0 Å². The quantitative estimate of drug-likeness (QED) is 0.176. The van der Waals surface area contributed by atoms with E-state index in [1.54, 1.807) is 12.4 Å². The summed E-state index contributed by atoms with van der Waals surface area (Å²) in [5.74, 6) is -0.226. The molecule has 1 aliphatic rings. The van der Waals surface area contributed by atoms with Gasteiger partial charge < -0.3 is 4.74 Å². The molecule has 0 aliphatic carbocycles. The molecule has 0 amide bonds. The lowest BCUT2D eigenvalue weighted by molar-refractivity contribution is -0.320. The van der Waals surface area contributed by atoms with Gasteiger partial charge in [0, 0.05) is 24.7 Å². The van der Waals surface area contributed by atoms with Crippen molar-refractivity contribution in [3.63, 3.8) is 0 Å².